The predicted octanol–water partition coefficient (Wildman–Crippen LogP) is -0.823. The van der Waals surface area contributed by atoms with Crippen molar-refractivity contribution < 1.29 is 9.59 Å². The number of hydrogen-bond donors (Lipinski definition) is 2. The van der Waals surface area contributed by atoms with E-state index in [0.717, 1.165) is 13.0 Å². The predicted molar refractivity (Wildman–Crippen MR) is 42.2 cm³/mol. The molecule has 4 nitrogen and oxygen atoms in total. The van der Waals surface area contributed by atoms with Crippen LogP contribution >= 0.6 is 0 Å². The minimum Gasteiger partial charge on any atom is -0.332 e. The van der Waals surface area contributed by atoms with Crippen LogP contribution in [-0.4, -0.2) is 24.3 Å². The van der Waals surface area contributed by atoms with Crippen molar-refractivity contribution in [2.45, 2.75) is 12.5 Å². The average molecular weight is 166 g/mol. The molecule has 0 aromatic heterocycles. The summed E-state index contributed by atoms with van der Waals surface area (Å²) < 4.78 is 0. The Hall–Kier alpha value is -1.16. The lowest BCUT2D eigenvalue weighted by molar-refractivity contribution is -0.127. The zero-order valence-corrected chi connectivity index (χ0v) is 6.54. The van der Waals surface area contributed by atoms with Gasteiger partial charge in [-0.1, -0.05) is 0 Å². The lowest BCUT2D eigenvalue weighted by Crippen LogP contribution is -2.38. The topological polar surface area (TPSA) is 58.2 Å². The van der Waals surface area contributed by atoms with Gasteiger partial charge in [0, 0.05) is 6.20 Å². The summed E-state index contributed by atoms with van der Waals surface area (Å²) in [6.45, 7) is 0.752. The van der Waals surface area contributed by atoms with Crippen LogP contribution in [0.25, 0.3) is 0 Å². The zero-order chi connectivity index (χ0) is 8.55. The van der Waals surface area contributed by atoms with Gasteiger partial charge in [-0.3, -0.25) is 9.59 Å². The summed E-state index contributed by atoms with van der Waals surface area (Å²) in [5.41, 5.74) is 0. The maximum Gasteiger partial charge on any atom is 0.229 e. The van der Waals surface area contributed by atoms with E-state index in [-0.39, 0.29) is 23.7 Å². The Balaban J connectivity index is 2.27. The summed E-state index contributed by atoms with van der Waals surface area (Å²) in [5, 5.41) is 5.58. The molecular formula is C8H10N2O2. The molecule has 2 N–H and O–H groups in total. The molecule has 2 aliphatic rings. The van der Waals surface area contributed by atoms with Crippen LogP contribution in [0.4, 0.5) is 0 Å². The third-order valence-electron chi connectivity index (χ3n) is 2.34. The van der Waals surface area contributed by atoms with E-state index in [1.807, 2.05) is 0 Å². The van der Waals surface area contributed by atoms with Crippen LogP contribution in [0, 0.1) is 5.92 Å². The average Bonchev–Trinajstić information content (AvgIpc) is 2.47. The molecule has 1 saturated heterocycles. The monoisotopic (exact) mass is 166 g/mol. The van der Waals surface area contributed by atoms with Gasteiger partial charge in [-0.25, -0.2) is 0 Å². The van der Waals surface area contributed by atoms with Crippen LogP contribution in [0.3, 0.4) is 0 Å². The number of ketones is 1. The van der Waals surface area contributed by atoms with E-state index in [1.54, 1.807) is 0 Å². The van der Waals surface area contributed by atoms with Gasteiger partial charge in [-0.05, 0) is 19.0 Å². The minimum absolute atomic E-state index is 0.00384. The number of hydrogen-bond acceptors (Lipinski definition) is 3. The molecule has 0 bridgehead atoms. The van der Waals surface area contributed by atoms with Gasteiger partial charge in [0.2, 0.25) is 5.91 Å². The van der Waals surface area contributed by atoms with E-state index >= 15 is 0 Å². The maximum atomic E-state index is 11.3. The van der Waals surface area contributed by atoms with E-state index in [2.05, 4.69) is 10.6 Å². The number of carbonyl (C=O) groups is 2. The molecule has 0 spiro atoms. The van der Waals surface area contributed by atoms with Crippen LogP contribution < -0.4 is 10.6 Å². The molecule has 1 fully saturated rings. The smallest absolute Gasteiger partial charge is 0.229 e. The number of amides is 1. The first kappa shape index (κ1) is 7.49. The SMILES string of the molecule is O=C1NC=CC(=O)C2NCCC12. The second-order valence-electron chi connectivity index (χ2n) is 3.07. The van der Waals surface area contributed by atoms with Crippen LogP contribution in [0.2, 0.25) is 0 Å². The van der Waals surface area contributed by atoms with E-state index in [9.17, 15) is 9.59 Å². The quantitative estimate of drug-likeness (QED) is 0.494. The Labute approximate surface area is 70.0 Å². The van der Waals surface area contributed by atoms with Gasteiger partial charge in [0.05, 0.1) is 12.0 Å². The highest BCUT2D eigenvalue weighted by atomic mass is 16.2. The van der Waals surface area contributed by atoms with Crippen molar-refractivity contribution in [1.82, 2.24) is 10.6 Å². The number of carbonyl (C=O) groups excluding carboxylic acids is 2. The Morgan fingerprint density at radius 1 is 1.42 bits per heavy atom. The van der Waals surface area contributed by atoms with Gasteiger partial charge in [0.25, 0.3) is 0 Å². The largest absolute Gasteiger partial charge is 0.332 e. The van der Waals surface area contributed by atoms with Crippen LogP contribution in [-0.2, 0) is 9.59 Å². The first-order valence-corrected chi connectivity index (χ1v) is 4.03. The molecule has 2 rings (SSSR count). The molecule has 2 aliphatic heterocycles. The third-order valence-corrected chi connectivity index (χ3v) is 2.34. The highest BCUT2D eigenvalue weighted by Gasteiger charge is 2.37. The zero-order valence-electron chi connectivity index (χ0n) is 6.54. The van der Waals surface area contributed by atoms with E-state index in [4.69, 9.17) is 0 Å². The molecule has 0 aliphatic carbocycles. The van der Waals surface area contributed by atoms with Gasteiger partial charge < -0.3 is 10.6 Å². The molecular weight excluding hydrogens is 156 g/mol. The lowest BCUT2D eigenvalue weighted by atomic mass is 9.97. The molecule has 2 unspecified atom stereocenters. The van der Waals surface area contributed by atoms with Crippen LogP contribution in [0.1, 0.15) is 6.42 Å². The van der Waals surface area contributed by atoms with Gasteiger partial charge in [0.1, 0.15) is 0 Å². The Kier molecular flexibility index (Phi) is 1.69. The van der Waals surface area contributed by atoms with Crippen molar-refractivity contribution >= 4 is 11.7 Å². The van der Waals surface area contributed by atoms with Crippen molar-refractivity contribution in [1.29, 1.82) is 0 Å². The fourth-order valence-electron chi connectivity index (χ4n) is 1.70. The summed E-state index contributed by atoms with van der Waals surface area (Å²) in [6, 6.07) is -0.288. The molecule has 0 aromatic carbocycles. The van der Waals surface area contributed by atoms with Gasteiger partial charge in [0.15, 0.2) is 5.78 Å². The minimum atomic E-state index is -0.288. The fourth-order valence-corrected chi connectivity index (χ4v) is 1.70. The normalized spacial score (nSPS) is 34.3. The van der Waals surface area contributed by atoms with Crippen molar-refractivity contribution in [2.75, 3.05) is 6.54 Å². The second-order valence-corrected chi connectivity index (χ2v) is 3.07. The Bertz CT molecular complexity index is 260. The van der Waals surface area contributed by atoms with Crippen LogP contribution in [0.5, 0.6) is 0 Å². The first-order valence-electron chi connectivity index (χ1n) is 4.03. The standard InChI is InChI=1S/C8H10N2O2/c11-6-2-4-10-8(12)5-1-3-9-7(5)6/h2,4-5,7,9H,1,3H2,(H,10,12). The van der Waals surface area contributed by atoms with Crippen LogP contribution in [0.15, 0.2) is 12.3 Å². The molecule has 4 heteroatoms. The molecule has 12 heavy (non-hydrogen) atoms. The third kappa shape index (κ3) is 1.04. The van der Waals surface area contributed by atoms with Crippen molar-refractivity contribution in [3.63, 3.8) is 0 Å². The second kappa shape index (κ2) is 2.71. The van der Waals surface area contributed by atoms with Crippen molar-refractivity contribution in [3.8, 4) is 0 Å². The molecule has 2 atom stereocenters. The molecule has 0 saturated carbocycles. The summed E-state index contributed by atoms with van der Waals surface area (Å²) in [7, 11) is 0. The Morgan fingerprint density at radius 3 is 3.08 bits per heavy atom. The molecule has 0 radical (unpaired) electrons. The lowest BCUT2D eigenvalue weighted by Gasteiger charge is -2.11. The summed E-state index contributed by atoms with van der Waals surface area (Å²) in [5.74, 6) is -0.226. The summed E-state index contributed by atoms with van der Waals surface area (Å²) >= 11 is 0. The van der Waals surface area contributed by atoms with E-state index in [1.165, 1.54) is 12.3 Å². The molecule has 2 heterocycles. The number of rotatable bonds is 0. The molecule has 64 valence electrons. The first-order chi connectivity index (χ1) is 5.79. The summed E-state index contributed by atoms with van der Waals surface area (Å²) in [4.78, 5) is 22.6. The highest BCUT2D eigenvalue weighted by molar-refractivity contribution is 6.00. The van der Waals surface area contributed by atoms with Crippen molar-refractivity contribution in [2.24, 2.45) is 5.92 Å². The van der Waals surface area contributed by atoms with Gasteiger partial charge in [-0.2, -0.15) is 0 Å². The fraction of sp³-hybridized carbons (Fsp3) is 0.500. The number of fused-ring (bicyclic) bond motifs is 1. The molecule has 1 amide bonds. The van der Waals surface area contributed by atoms with E-state index in [0.29, 0.717) is 0 Å². The summed E-state index contributed by atoms with van der Waals surface area (Å²) in [6.07, 6.45) is 3.59. The van der Waals surface area contributed by atoms with Gasteiger partial charge >= 0.3 is 0 Å². The molecule has 0 aromatic rings. The van der Waals surface area contributed by atoms with Gasteiger partial charge in [-0.15, -0.1) is 0 Å². The number of nitrogens with one attached hydrogen (secondary N) is 2. The van der Waals surface area contributed by atoms with E-state index < -0.39 is 0 Å². The Morgan fingerprint density at radius 2 is 2.25 bits per heavy atom. The maximum absolute atomic E-state index is 11.3. The highest BCUT2D eigenvalue weighted by Crippen LogP contribution is 2.18. The van der Waals surface area contributed by atoms with Crippen molar-refractivity contribution in [3.05, 3.63) is 12.3 Å².